The van der Waals surface area contributed by atoms with E-state index in [1.807, 2.05) is 0 Å². The number of aliphatic imine (C=N–C) groups is 2. The monoisotopic (exact) mass is 430 g/mol. The number of rotatable bonds is 9. The van der Waals surface area contributed by atoms with Gasteiger partial charge >= 0.3 is 0 Å². The van der Waals surface area contributed by atoms with Crippen LogP contribution in [-0.2, 0) is 0 Å². The van der Waals surface area contributed by atoms with Crippen LogP contribution >= 0.6 is 0 Å². The van der Waals surface area contributed by atoms with E-state index in [-0.39, 0.29) is 5.54 Å². The first-order valence-electron chi connectivity index (χ1n) is 13.8. The highest BCUT2D eigenvalue weighted by atomic mass is 15.2. The highest BCUT2D eigenvalue weighted by Crippen LogP contribution is 2.45. The van der Waals surface area contributed by atoms with Crippen molar-refractivity contribution in [2.45, 2.75) is 135 Å². The van der Waals surface area contributed by atoms with E-state index in [9.17, 15) is 0 Å². The van der Waals surface area contributed by atoms with Crippen molar-refractivity contribution in [3.05, 3.63) is 0 Å². The van der Waals surface area contributed by atoms with Gasteiger partial charge in [0.1, 0.15) is 0 Å². The molecule has 0 aromatic carbocycles. The largest absolute Gasteiger partial charge is 0.301 e. The molecule has 0 spiro atoms. The van der Waals surface area contributed by atoms with Crippen LogP contribution in [0.3, 0.4) is 0 Å². The molecule has 4 heteroatoms. The molecule has 178 valence electrons. The topological polar surface area (TPSA) is 31.2 Å². The van der Waals surface area contributed by atoms with E-state index in [2.05, 4.69) is 43.5 Å². The molecule has 0 bridgehead atoms. The van der Waals surface area contributed by atoms with E-state index in [0.29, 0.717) is 6.04 Å². The zero-order chi connectivity index (χ0) is 22.1. The first-order chi connectivity index (χ1) is 15.2. The van der Waals surface area contributed by atoms with E-state index >= 15 is 0 Å². The zero-order valence-corrected chi connectivity index (χ0v) is 21.1. The van der Waals surface area contributed by atoms with Crippen molar-refractivity contribution < 1.29 is 0 Å². The standard InChI is InChI=1S/C27H50N4/c1-5-30(6-2)25-16-14-24(15-17-25)28-22-29-27(23-12-10-9-11-13-23)20-18-26(19-21-27)31(7-3)8-4/h23-26H,5-21H2,1-4H3. The van der Waals surface area contributed by atoms with Crippen molar-refractivity contribution in [1.29, 1.82) is 0 Å². The van der Waals surface area contributed by atoms with Gasteiger partial charge in [-0.05, 0) is 96.3 Å². The lowest BCUT2D eigenvalue weighted by Gasteiger charge is -2.45. The summed E-state index contributed by atoms with van der Waals surface area (Å²) in [6, 6.07) is 5.30. The third-order valence-electron chi connectivity index (χ3n) is 9.02. The molecule has 31 heavy (non-hydrogen) atoms. The Balaban J connectivity index is 1.63. The fourth-order valence-corrected chi connectivity index (χ4v) is 6.96. The Morgan fingerprint density at radius 3 is 1.71 bits per heavy atom. The smallest absolute Gasteiger partial charge is 0.0901 e. The van der Waals surface area contributed by atoms with E-state index < -0.39 is 0 Å². The maximum Gasteiger partial charge on any atom is 0.0901 e. The fourth-order valence-electron chi connectivity index (χ4n) is 6.96. The first-order valence-corrected chi connectivity index (χ1v) is 13.8. The molecular formula is C27H50N4. The minimum atomic E-state index is 0.131. The number of nitrogens with zero attached hydrogens (tertiary/aromatic N) is 4. The van der Waals surface area contributed by atoms with Gasteiger partial charge in [-0.2, -0.15) is 0 Å². The lowest BCUT2D eigenvalue weighted by molar-refractivity contribution is 0.0932. The molecule has 0 unspecified atom stereocenters. The van der Waals surface area contributed by atoms with Crippen molar-refractivity contribution in [2.75, 3.05) is 26.2 Å². The van der Waals surface area contributed by atoms with Gasteiger partial charge in [0.25, 0.3) is 0 Å². The molecule has 0 aliphatic heterocycles. The molecule has 4 nitrogen and oxygen atoms in total. The molecule has 0 heterocycles. The van der Waals surface area contributed by atoms with Crippen molar-refractivity contribution in [3.63, 3.8) is 0 Å². The maximum absolute atomic E-state index is 5.22. The van der Waals surface area contributed by atoms with Gasteiger partial charge in [-0.25, -0.2) is 9.98 Å². The Morgan fingerprint density at radius 1 is 0.677 bits per heavy atom. The van der Waals surface area contributed by atoms with Crippen LogP contribution in [0.25, 0.3) is 0 Å². The lowest BCUT2D eigenvalue weighted by Crippen LogP contribution is -2.46. The van der Waals surface area contributed by atoms with Gasteiger partial charge in [0.05, 0.1) is 17.6 Å². The minimum absolute atomic E-state index is 0.131. The molecular weight excluding hydrogens is 380 g/mol. The normalized spacial score (nSPS) is 32.8. The van der Waals surface area contributed by atoms with Gasteiger partial charge in [-0.3, -0.25) is 0 Å². The predicted octanol–water partition coefficient (Wildman–Crippen LogP) is 6.42. The Bertz CT molecular complexity index is 552. The molecule has 0 saturated heterocycles. The summed E-state index contributed by atoms with van der Waals surface area (Å²) in [5.74, 6) is 0.764. The second-order valence-corrected chi connectivity index (χ2v) is 10.4. The molecule has 0 radical (unpaired) electrons. The summed E-state index contributed by atoms with van der Waals surface area (Å²) in [6.45, 7) is 13.9. The predicted molar refractivity (Wildman–Crippen MR) is 133 cm³/mol. The lowest BCUT2D eigenvalue weighted by atomic mass is 9.67. The van der Waals surface area contributed by atoms with Gasteiger partial charge in [0.15, 0.2) is 0 Å². The van der Waals surface area contributed by atoms with Crippen LogP contribution < -0.4 is 0 Å². The average Bonchev–Trinajstić information content (AvgIpc) is 2.83. The van der Waals surface area contributed by atoms with Crippen LogP contribution in [0.2, 0.25) is 0 Å². The SMILES string of the molecule is CCN(CC)C1CCC(N=C=NC2(C3CCCCC3)CCC(N(CC)CC)CC2)CC1. The molecule has 3 saturated carbocycles. The van der Waals surface area contributed by atoms with E-state index in [1.54, 1.807) is 0 Å². The summed E-state index contributed by atoms with van der Waals surface area (Å²) in [4.78, 5) is 15.4. The summed E-state index contributed by atoms with van der Waals surface area (Å²) in [6.07, 6.45) is 17.1. The van der Waals surface area contributed by atoms with E-state index in [0.717, 1.165) is 18.0 Å². The molecule has 0 aromatic rings. The van der Waals surface area contributed by atoms with Gasteiger partial charge < -0.3 is 9.80 Å². The molecule has 0 atom stereocenters. The van der Waals surface area contributed by atoms with Gasteiger partial charge in [0.2, 0.25) is 0 Å². The van der Waals surface area contributed by atoms with Crippen molar-refractivity contribution in [2.24, 2.45) is 15.9 Å². The summed E-state index contributed by atoms with van der Waals surface area (Å²) < 4.78 is 0. The Labute approximate surface area is 193 Å². The molecule has 0 aromatic heterocycles. The Morgan fingerprint density at radius 2 is 1.19 bits per heavy atom. The summed E-state index contributed by atoms with van der Waals surface area (Å²) in [7, 11) is 0. The molecule has 3 aliphatic carbocycles. The third kappa shape index (κ3) is 6.42. The van der Waals surface area contributed by atoms with Crippen molar-refractivity contribution in [1.82, 2.24) is 9.80 Å². The van der Waals surface area contributed by atoms with E-state index in [4.69, 9.17) is 9.98 Å². The van der Waals surface area contributed by atoms with Crippen molar-refractivity contribution in [3.8, 4) is 0 Å². The first kappa shape index (κ1) is 24.9. The number of hydrogen-bond acceptors (Lipinski definition) is 4. The molecule has 0 amide bonds. The molecule has 3 rings (SSSR count). The summed E-state index contributed by atoms with van der Waals surface area (Å²) in [5.41, 5.74) is 0.131. The third-order valence-corrected chi connectivity index (χ3v) is 9.02. The van der Waals surface area contributed by atoms with Crippen LogP contribution in [0, 0.1) is 5.92 Å². The van der Waals surface area contributed by atoms with Gasteiger partial charge in [-0.15, -0.1) is 0 Å². The zero-order valence-electron chi connectivity index (χ0n) is 21.1. The molecule has 3 aliphatic rings. The van der Waals surface area contributed by atoms with Crippen LogP contribution in [0.5, 0.6) is 0 Å². The van der Waals surface area contributed by atoms with Crippen LogP contribution in [0.4, 0.5) is 0 Å². The van der Waals surface area contributed by atoms with Crippen LogP contribution in [0.15, 0.2) is 9.98 Å². The van der Waals surface area contributed by atoms with E-state index in [1.165, 1.54) is 110 Å². The van der Waals surface area contributed by atoms with Gasteiger partial charge in [-0.1, -0.05) is 47.0 Å². The summed E-state index contributed by atoms with van der Waals surface area (Å²) >= 11 is 0. The minimum Gasteiger partial charge on any atom is -0.301 e. The number of hydrogen-bond donors (Lipinski definition) is 0. The highest BCUT2D eigenvalue weighted by molar-refractivity contribution is 5.43. The molecule has 3 fully saturated rings. The second kappa shape index (κ2) is 12.5. The highest BCUT2D eigenvalue weighted by Gasteiger charge is 2.42. The van der Waals surface area contributed by atoms with Gasteiger partial charge in [0, 0.05) is 12.1 Å². The van der Waals surface area contributed by atoms with Crippen LogP contribution in [-0.4, -0.2) is 65.7 Å². The Hall–Kier alpha value is -0.700. The molecule has 0 N–H and O–H groups in total. The Kier molecular flexibility index (Phi) is 10.1. The second-order valence-electron chi connectivity index (χ2n) is 10.4. The average molecular weight is 431 g/mol. The quantitative estimate of drug-likeness (QED) is 0.395. The van der Waals surface area contributed by atoms with Crippen LogP contribution in [0.1, 0.15) is 111 Å². The van der Waals surface area contributed by atoms with Crippen molar-refractivity contribution >= 4 is 6.01 Å². The maximum atomic E-state index is 5.22. The summed E-state index contributed by atoms with van der Waals surface area (Å²) in [5, 5.41) is 0. The fraction of sp³-hybridized carbons (Fsp3) is 0.963.